The second-order valence-electron chi connectivity index (χ2n) is 4.77. The van der Waals surface area contributed by atoms with Gasteiger partial charge in [-0.25, -0.2) is 0 Å². The van der Waals surface area contributed by atoms with Crippen molar-refractivity contribution >= 4 is 17.5 Å². The van der Waals surface area contributed by atoms with E-state index in [0.717, 1.165) is 5.56 Å². The normalized spacial score (nSPS) is 12.1. The summed E-state index contributed by atoms with van der Waals surface area (Å²) in [6.45, 7) is 5.09. The van der Waals surface area contributed by atoms with E-state index in [-0.39, 0.29) is 24.3 Å². The van der Waals surface area contributed by atoms with Crippen LogP contribution >= 0.6 is 0 Å². The van der Waals surface area contributed by atoms with Gasteiger partial charge in [0.1, 0.15) is 6.04 Å². The molecule has 0 fully saturated rings. The molecule has 3 N–H and O–H groups in total. The minimum absolute atomic E-state index is 0.000569. The Kier molecular flexibility index (Phi) is 5.51. The molecule has 0 heterocycles. The third kappa shape index (κ3) is 4.71. The monoisotopic (exact) mass is 264 g/mol. The SMILES string of the molecule is CC(=O)NC(C(=O)Nc1ccc(CO)cc1)C(C)C. The van der Waals surface area contributed by atoms with Crippen molar-refractivity contribution < 1.29 is 14.7 Å². The summed E-state index contributed by atoms with van der Waals surface area (Å²) in [4.78, 5) is 23.1. The van der Waals surface area contributed by atoms with Crippen molar-refractivity contribution in [3.05, 3.63) is 29.8 Å². The van der Waals surface area contributed by atoms with Crippen LogP contribution in [0.15, 0.2) is 24.3 Å². The van der Waals surface area contributed by atoms with Crippen molar-refractivity contribution in [3.63, 3.8) is 0 Å². The number of nitrogens with one attached hydrogen (secondary N) is 2. The molecule has 0 aliphatic rings. The molecular formula is C14H20N2O3. The van der Waals surface area contributed by atoms with Gasteiger partial charge in [0, 0.05) is 12.6 Å². The molecule has 1 unspecified atom stereocenters. The maximum absolute atomic E-state index is 12.1. The van der Waals surface area contributed by atoms with Crippen LogP contribution in [0.4, 0.5) is 5.69 Å². The Morgan fingerprint density at radius 3 is 2.21 bits per heavy atom. The Morgan fingerprint density at radius 1 is 1.21 bits per heavy atom. The summed E-state index contributed by atoms with van der Waals surface area (Å²) in [5.74, 6) is -0.480. The predicted molar refractivity (Wildman–Crippen MR) is 73.4 cm³/mol. The first-order chi connectivity index (χ1) is 8.93. The van der Waals surface area contributed by atoms with E-state index in [1.807, 2.05) is 13.8 Å². The van der Waals surface area contributed by atoms with E-state index in [4.69, 9.17) is 5.11 Å². The van der Waals surface area contributed by atoms with Gasteiger partial charge in [0.25, 0.3) is 0 Å². The number of amides is 2. The molecule has 1 aromatic carbocycles. The average Bonchev–Trinajstić information content (AvgIpc) is 2.36. The van der Waals surface area contributed by atoms with Gasteiger partial charge in [0.2, 0.25) is 11.8 Å². The van der Waals surface area contributed by atoms with Gasteiger partial charge in [0.05, 0.1) is 6.61 Å². The summed E-state index contributed by atoms with van der Waals surface area (Å²) in [5.41, 5.74) is 1.42. The maximum atomic E-state index is 12.1. The maximum Gasteiger partial charge on any atom is 0.247 e. The zero-order chi connectivity index (χ0) is 14.4. The van der Waals surface area contributed by atoms with Gasteiger partial charge in [-0.3, -0.25) is 9.59 Å². The molecule has 1 rings (SSSR count). The Hall–Kier alpha value is -1.88. The molecule has 0 aliphatic carbocycles. The van der Waals surface area contributed by atoms with E-state index in [1.54, 1.807) is 24.3 Å². The molecule has 0 aliphatic heterocycles. The predicted octanol–water partition coefficient (Wildman–Crippen LogP) is 1.28. The fourth-order valence-corrected chi connectivity index (χ4v) is 1.67. The van der Waals surface area contributed by atoms with Gasteiger partial charge in [-0.2, -0.15) is 0 Å². The molecule has 0 bridgehead atoms. The summed E-state index contributed by atoms with van der Waals surface area (Å²) >= 11 is 0. The molecule has 0 saturated heterocycles. The number of carbonyl (C=O) groups excluding carboxylic acids is 2. The number of hydrogen-bond donors (Lipinski definition) is 3. The minimum Gasteiger partial charge on any atom is -0.392 e. The van der Waals surface area contributed by atoms with Crippen LogP contribution in [0, 0.1) is 5.92 Å². The van der Waals surface area contributed by atoms with Crippen molar-refractivity contribution in [1.29, 1.82) is 0 Å². The highest BCUT2D eigenvalue weighted by molar-refractivity contribution is 5.97. The molecule has 5 heteroatoms. The molecule has 0 saturated carbocycles. The molecule has 1 aromatic rings. The fraction of sp³-hybridized carbons (Fsp3) is 0.429. The van der Waals surface area contributed by atoms with Crippen molar-refractivity contribution in [2.45, 2.75) is 33.4 Å². The Bertz CT molecular complexity index is 441. The smallest absolute Gasteiger partial charge is 0.247 e. The first-order valence-electron chi connectivity index (χ1n) is 6.21. The zero-order valence-electron chi connectivity index (χ0n) is 11.4. The second kappa shape index (κ2) is 6.89. The molecule has 2 amide bonds. The van der Waals surface area contributed by atoms with E-state index in [0.29, 0.717) is 5.69 Å². The number of anilines is 1. The zero-order valence-corrected chi connectivity index (χ0v) is 11.4. The third-order valence-corrected chi connectivity index (χ3v) is 2.71. The van der Waals surface area contributed by atoms with E-state index >= 15 is 0 Å². The van der Waals surface area contributed by atoms with Crippen LogP contribution in [0.1, 0.15) is 26.3 Å². The average molecular weight is 264 g/mol. The van der Waals surface area contributed by atoms with Crippen LogP contribution in [-0.4, -0.2) is 23.0 Å². The van der Waals surface area contributed by atoms with Crippen molar-refractivity contribution in [1.82, 2.24) is 5.32 Å². The van der Waals surface area contributed by atoms with Gasteiger partial charge in [-0.15, -0.1) is 0 Å². The lowest BCUT2D eigenvalue weighted by Crippen LogP contribution is -2.46. The Morgan fingerprint density at radius 2 is 1.79 bits per heavy atom. The first-order valence-corrected chi connectivity index (χ1v) is 6.21. The number of rotatable bonds is 5. The lowest BCUT2D eigenvalue weighted by atomic mass is 10.0. The lowest BCUT2D eigenvalue weighted by molar-refractivity contribution is -0.126. The molecule has 5 nitrogen and oxygen atoms in total. The molecule has 104 valence electrons. The van der Waals surface area contributed by atoms with Crippen LogP contribution in [-0.2, 0) is 16.2 Å². The van der Waals surface area contributed by atoms with Crippen molar-refractivity contribution in [3.8, 4) is 0 Å². The molecule has 0 aromatic heterocycles. The summed E-state index contributed by atoms with van der Waals surface area (Å²) in [7, 11) is 0. The molecule has 0 spiro atoms. The topological polar surface area (TPSA) is 78.4 Å². The van der Waals surface area contributed by atoms with Gasteiger partial charge in [0.15, 0.2) is 0 Å². The molecule has 19 heavy (non-hydrogen) atoms. The Labute approximate surface area is 113 Å². The summed E-state index contributed by atoms with van der Waals surface area (Å²) < 4.78 is 0. The molecule has 1 atom stereocenters. The van der Waals surface area contributed by atoms with Crippen LogP contribution in [0.25, 0.3) is 0 Å². The minimum atomic E-state index is -0.560. The van der Waals surface area contributed by atoms with Crippen LogP contribution < -0.4 is 10.6 Å². The van der Waals surface area contributed by atoms with E-state index in [1.165, 1.54) is 6.92 Å². The largest absolute Gasteiger partial charge is 0.392 e. The van der Waals surface area contributed by atoms with Crippen LogP contribution in [0.2, 0.25) is 0 Å². The molecule has 0 radical (unpaired) electrons. The summed E-state index contributed by atoms with van der Waals surface area (Å²) in [6, 6.07) is 6.34. The van der Waals surface area contributed by atoms with Gasteiger partial charge in [-0.05, 0) is 23.6 Å². The van der Waals surface area contributed by atoms with Gasteiger partial charge in [-0.1, -0.05) is 26.0 Å². The van der Waals surface area contributed by atoms with Gasteiger partial charge < -0.3 is 15.7 Å². The number of benzene rings is 1. The number of carbonyl (C=O) groups is 2. The highest BCUT2D eigenvalue weighted by Gasteiger charge is 2.22. The van der Waals surface area contributed by atoms with Crippen molar-refractivity contribution in [2.24, 2.45) is 5.92 Å². The second-order valence-corrected chi connectivity index (χ2v) is 4.77. The highest BCUT2D eigenvalue weighted by atomic mass is 16.3. The fourth-order valence-electron chi connectivity index (χ4n) is 1.67. The van der Waals surface area contributed by atoms with E-state index < -0.39 is 6.04 Å². The van der Waals surface area contributed by atoms with Crippen LogP contribution in [0.3, 0.4) is 0 Å². The summed E-state index contributed by atoms with van der Waals surface area (Å²) in [6.07, 6.45) is 0. The van der Waals surface area contributed by atoms with Crippen LogP contribution in [0.5, 0.6) is 0 Å². The van der Waals surface area contributed by atoms with E-state index in [9.17, 15) is 9.59 Å². The quantitative estimate of drug-likeness (QED) is 0.749. The first kappa shape index (κ1) is 15.2. The molecular weight excluding hydrogens is 244 g/mol. The standard InChI is InChI=1S/C14H20N2O3/c1-9(2)13(15-10(3)18)14(19)16-12-6-4-11(8-17)5-7-12/h4-7,9,13,17H,8H2,1-3H3,(H,15,18)(H,16,19). The lowest BCUT2D eigenvalue weighted by Gasteiger charge is -2.20. The van der Waals surface area contributed by atoms with E-state index in [2.05, 4.69) is 10.6 Å². The number of aliphatic hydroxyl groups is 1. The highest BCUT2D eigenvalue weighted by Crippen LogP contribution is 2.11. The van der Waals surface area contributed by atoms with Gasteiger partial charge >= 0.3 is 0 Å². The number of hydrogen-bond acceptors (Lipinski definition) is 3. The summed E-state index contributed by atoms with van der Waals surface area (Å²) in [5, 5.41) is 14.3. The Balaban J connectivity index is 2.72. The van der Waals surface area contributed by atoms with Crippen molar-refractivity contribution in [2.75, 3.05) is 5.32 Å². The number of aliphatic hydroxyl groups excluding tert-OH is 1. The third-order valence-electron chi connectivity index (χ3n) is 2.71.